The molecule has 0 fully saturated rings. The number of carbonyl (C=O) groups is 1. The van der Waals surface area contributed by atoms with E-state index in [1.807, 2.05) is 6.92 Å². The van der Waals surface area contributed by atoms with Gasteiger partial charge in [0.1, 0.15) is 11.6 Å². The van der Waals surface area contributed by atoms with Gasteiger partial charge >= 0.3 is 0 Å². The summed E-state index contributed by atoms with van der Waals surface area (Å²) >= 11 is 0. The second-order valence-electron chi connectivity index (χ2n) is 4.54. The number of nitrogens with one attached hydrogen (secondary N) is 1. The lowest BCUT2D eigenvalue weighted by atomic mass is 10.00. The van der Waals surface area contributed by atoms with Crippen molar-refractivity contribution in [2.45, 2.75) is 26.2 Å². The standard InChI is InChI=1S/C14H19F2NO2/c1-2-3-10(4-5-18)9-17-14(19)11-6-12(15)8-13(16)7-11/h6-8,10,18H,2-5,9H2,1H3,(H,17,19). The molecule has 0 aliphatic heterocycles. The molecule has 1 rings (SSSR count). The number of aliphatic hydroxyl groups excluding tert-OH is 1. The van der Waals surface area contributed by atoms with E-state index in [0.717, 1.165) is 31.0 Å². The maximum Gasteiger partial charge on any atom is 0.251 e. The van der Waals surface area contributed by atoms with E-state index in [-0.39, 0.29) is 18.1 Å². The Balaban J connectivity index is 2.58. The van der Waals surface area contributed by atoms with E-state index < -0.39 is 17.5 Å². The van der Waals surface area contributed by atoms with Crippen LogP contribution in [0.15, 0.2) is 18.2 Å². The van der Waals surface area contributed by atoms with E-state index in [0.29, 0.717) is 13.0 Å². The molecule has 2 N–H and O–H groups in total. The quantitative estimate of drug-likeness (QED) is 0.800. The Morgan fingerprint density at radius 1 is 1.26 bits per heavy atom. The Kier molecular flexibility index (Phi) is 6.42. The molecule has 0 aliphatic rings. The van der Waals surface area contributed by atoms with Gasteiger partial charge in [-0.3, -0.25) is 4.79 Å². The van der Waals surface area contributed by atoms with Crippen molar-refractivity contribution in [2.24, 2.45) is 5.92 Å². The van der Waals surface area contributed by atoms with Crippen LogP contribution in [0, 0.1) is 17.6 Å². The first-order valence-electron chi connectivity index (χ1n) is 6.42. The topological polar surface area (TPSA) is 49.3 Å². The first kappa shape index (κ1) is 15.6. The summed E-state index contributed by atoms with van der Waals surface area (Å²) in [4.78, 5) is 11.8. The SMILES string of the molecule is CCCC(CCO)CNC(=O)c1cc(F)cc(F)c1. The lowest BCUT2D eigenvalue weighted by Crippen LogP contribution is -2.30. The van der Waals surface area contributed by atoms with Crippen LogP contribution in [0.1, 0.15) is 36.5 Å². The Morgan fingerprint density at radius 2 is 1.89 bits per heavy atom. The van der Waals surface area contributed by atoms with E-state index in [9.17, 15) is 13.6 Å². The zero-order valence-electron chi connectivity index (χ0n) is 11.0. The minimum atomic E-state index is -0.773. The van der Waals surface area contributed by atoms with Crippen LogP contribution in [0.2, 0.25) is 0 Å². The van der Waals surface area contributed by atoms with Crippen molar-refractivity contribution in [3.63, 3.8) is 0 Å². The van der Waals surface area contributed by atoms with Crippen molar-refractivity contribution in [1.29, 1.82) is 0 Å². The van der Waals surface area contributed by atoms with E-state index in [2.05, 4.69) is 5.32 Å². The first-order chi connectivity index (χ1) is 9.06. The van der Waals surface area contributed by atoms with Gasteiger partial charge in [-0.05, 0) is 30.9 Å². The third kappa shape index (κ3) is 5.34. The molecule has 19 heavy (non-hydrogen) atoms. The largest absolute Gasteiger partial charge is 0.396 e. The van der Waals surface area contributed by atoms with E-state index in [4.69, 9.17) is 5.11 Å². The number of carbonyl (C=O) groups excluding carboxylic acids is 1. The Bertz CT molecular complexity index is 398. The summed E-state index contributed by atoms with van der Waals surface area (Å²) in [5.74, 6) is -1.87. The molecular formula is C14H19F2NO2. The fourth-order valence-electron chi connectivity index (χ4n) is 1.96. The van der Waals surface area contributed by atoms with Crippen LogP contribution in [-0.4, -0.2) is 24.2 Å². The molecule has 1 aromatic carbocycles. The van der Waals surface area contributed by atoms with Crippen molar-refractivity contribution in [3.8, 4) is 0 Å². The van der Waals surface area contributed by atoms with Gasteiger partial charge in [-0.1, -0.05) is 13.3 Å². The zero-order valence-corrected chi connectivity index (χ0v) is 11.0. The molecule has 0 heterocycles. The molecule has 0 aliphatic carbocycles. The van der Waals surface area contributed by atoms with Gasteiger partial charge in [0.2, 0.25) is 0 Å². The highest BCUT2D eigenvalue weighted by molar-refractivity contribution is 5.94. The summed E-state index contributed by atoms with van der Waals surface area (Å²) in [6, 6.07) is 2.72. The second kappa shape index (κ2) is 7.84. The highest BCUT2D eigenvalue weighted by Gasteiger charge is 2.12. The Morgan fingerprint density at radius 3 is 2.42 bits per heavy atom. The summed E-state index contributed by atoms with van der Waals surface area (Å²) < 4.78 is 26.0. The number of hydrogen-bond acceptors (Lipinski definition) is 2. The normalized spacial score (nSPS) is 12.2. The van der Waals surface area contributed by atoms with Gasteiger partial charge in [0.25, 0.3) is 5.91 Å². The second-order valence-corrected chi connectivity index (χ2v) is 4.54. The summed E-state index contributed by atoms with van der Waals surface area (Å²) in [5.41, 5.74) is -0.0308. The van der Waals surface area contributed by atoms with Crippen molar-refractivity contribution < 1.29 is 18.7 Å². The molecule has 0 saturated heterocycles. The van der Waals surface area contributed by atoms with Crippen LogP contribution in [0.5, 0.6) is 0 Å². The van der Waals surface area contributed by atoms with Gasteiger partial charge in [0.15, 0.2) is 0 Å². The molecule has 1 amide bonds. The summed E-state index contributed by atoms with van der Waals surface area (Å²) in [7, 11) is 0. The van der Waals surface area contributed by atoms with Gasteiger partial charge in [-0.15, -0.1) is 0 Å². The first-order valence-corrected chi connectivity index (χ1v) is 6.42. The van der Waals surface area contributed by atoms with Crippen molar-refractivity contribution in [1.82, 2.24) is 5.32 Å². The molecule has 0 bridgehead atoms. The van der Waals surface area contributed by atoms with Crippen LogP contribution >= 0.6 is 0 Å². The lowest BCUT2D eigenvalue weighted by Gasteiger charge is -2.15. The minimum Gasteiger partial charge on any atom is -0.396 e. The van der Waals surface area contributed by atoms with Gasteiger partial charge < -0.3 is 10.4 Å². The summed E-state index contributed by atoms with van der Waals surface area (Å²) in [5, 5.41) is 11.5. The molecule has 1 atom stereocenters. The van der Waals surface area contributed by atoms with Gasteiger partial charge in [0.05, 0.1) is 0 Å². The highest BCUT2D eigenvalue weighted by atomic mass is 19.1. The predicted molar refractivity (Wildman–Crippen MR) is 68.8 cm³/mol. The number of benzene rings is 1. The maximum absolute atomic E-state index is 13.0. The lowest BCUT2D eigenvalue weighted by molar-refractivity contribution is 0.0942. The third-order valence-electron chi connectivity index (χ3n) is 2.91. The summed E-state index contributed by atoms with van der Waals surface area (Å²) in [6.45, 7) is 2.48. The monoisotopic (exact) mass is 271 g/mol. The summed E-state index contributed by atoms with van der Waals surface area (Å²) in [6.07, 6.45) is 2.44. The van der Waals surface area contributed by atoms with Crippen molar-refractivity contribution in [3.05, 3.63) is 35.4 Å². The molecule has 1 unspecified atom stereocenters. The smallest absolute Gasteiger partial charge is 0.251 e. The predicted octanol–water partition coefficient (Wildman–Crippen LogP) is 2.49. The molecule has 106 valence electrons. The van der Waals surface area contributed by atoms with Gasteiger partial charge in [-0.2, -0.15) is 0 Å². The number of rotatable bonds is 7. The fourth-order valence-corrected chi connectivity index (χ4v) is 1.96. The van der Waals surface area contributed by atoms with E-state index in [1.54, 1.807) is 0 Å². The minimum absolute atomic E-state index is 0.0308. The van der Waals surface area contributed by atoms with Crippen LogP contribution in [0.3, 0.4) is 0 Å². The number of halogens is 2. The number of amides is 1. The van der Waals surface area contributed by atoms with E-state index in [1.165, 1.54) is 0 Å². The highest BCUT2D eigenvalue weighted by Crippen LogP contribution is 2.11. The van der Waals surface area contributed by atoms with E-state index >= 15 is 0 Å². The molecule has 0 radical (unpaired) electrons. The zero-order chi connectivity index (χ0) is 14.3. The van der Waals surface area contributed by atoms with Crippen LogP contribution < -0.4 is 5.32 Å². The average molecular weight is 271 g/mol. The molecule has 0 spiro atoms. The molecule has 0 saturated carbocycles. The Labute approximate surface area is 111 Å². The molecule has 1 aromatic rings. The molecule has 0 aromatic heterocycles. The van der Waals surface area contributed by atoms with Crippen LogP contribution in [0.4, 0.5) is 8.78 Å². The third-order valence-corrected chi connectivity index (χ3v) is 2.91. The average Bonchev–Trinajstić information content (AvgIpc) is 2.35. The molecule has 3 nitrogen and oxygen atoms in total. The van der Waals surface area contributed by atoms with Crippen molar-refractivity contribution in [2.75, 3.05) is 13.2 Å². The molecular weight excluding hydrogens is 252 g/mol. The fraction of sp³-hybridized carbons (Fsp3) is 0.500. The Hall–Kier alpha value is -1.49. The van der Waals surface area contributed by atoms with Crippen LogP contribution in [-0.2, 0) is 0 Å². The van der Waals surface area contributed by atoms with Gasteiger partial charge in [-0.25, -0.2) is 8.78 Å². The van der Waals surface area contributed by atoms with Gasteiger partial charge in [0, 0.05) is 24.8 Å². The number of aliphatic hydroxyl groups is 1. The van der Waals surface area contributed by atoms with Crippen LogP contribution in [0.25, 0.3) is 0 Å². The molecule has 5 heteroatoms. The maximum atomic E-state index is 13.0. The number of hydrogen-bond donors (Lipinski definition) is 2. The van der Waals surface area contributed by atoms with Crippen molar-refractivity contribution >= 4 is 5.91 Å².